The number of carbonyl (C=O) groups excluding carboxylic acids is 1. The Kier molecular flexibility index (Phi) is 9.78. The number of esters is 1. The van der Waals surface area contributed by atoms with Crippen molar-refractivity contribution in [3.63, 3.8) is 0 Å². The van der Waals surface area contributed by atoms with Crippen LogP contribution < -0.4 is 10.5 Å². The zero-order chi connectivity index (χ0) is 22.7. The topological polar surface area (TPSA) is 109 Å². The number of nitrogen functional groups attached to an aromatic ring is 1. The maximum atomic E-state index is 12.9. The highest BCUT2D eigenvalue weighted by molar-refractivity contribution is 7.91. The smallest absolute Gasteiger partial charge is 0.306 e. The Morgan fingerprint density at radius 1 is 1.13 bits per heavy atom. The molecule has 0 aliphatic carbocycles. The first-order valence-corrected chi connectivity index (χ1v) is 12.3. The number of hydrogen-bond acceptors (Lipinski definition) is 7. The van der Waals surface area contributed by atoms with Crippen molar-refractivity contribution < 1.29 is 22.7 Å². The summed E-state index contributed by atoms with van der Waals surface area (Å²) >= 11 is 0. The zero-order valence-corrected chi connectivity index (χ0v) is 19.1. The summed E-state index contributed by atoms with van der Waals surface area (Å²) in [6.45, 7) is 4.68. The van der Waals surface area contributed by atoms with Crippen molar-refractivity contribution in [2.75, 3.05) is 18.1 Å². The number of pyridine rings is 1. The summed E-state index contributed by atoms with van der Waals surface area (Å²) in [5.41, 5.74) is 6.59. The molecule has 2 rings (SSSR count). The molecule has 0 amide bonds. The van der Waals surface area contributed by atoms with Gasteiger partial charge in [-0.15, -0.1) is 0 Å². The molecular weight excluding hydrogens is 416 g/mol. The Morgan fingerprint density at radius 2 is 1.87 bits per heavy atom. The number of nitrogens with zero attached hydrogens (tertiary/aromatic N) is 1. The lowest BCUT2D eigenvalue weighted by Gasteiger charge is -2.15. The number of ether oxygens (including phenoxy) is 2. The largest absolute Gasteiger partial charge is 0.486 e. The molecule has 1 heterocycles. The van der Waals surface area contributed by atoms with Crippen LogP contribution in [0.5, 0.6) is 5.75 Å². The zero-order valence-electron chi connectivity index (χ0n) is 18.2. The van der Waals surface area contributed by atoms with Gasteiger partial charge in [-0.3, -0.25) is 4.79 Å². The number of unbranched alkanes of at least 4 members (excludes halogenated alkanes) is 1. The SMILES string of the molecule is CCCCC(CC)COC(=O)CCS(=O)(=O)c1nc(N)ccc1OCc1ccccc1. The summed E-state index contributed by atoms with van der Waals surface area (Å²) in [5, 5.41) is -0.259. The summed E-state index contributed by atoms with van der Waals surface area (Å²) in [5.74, 6) is -0.481. The van der Waals surface area contributed by atoms with E-state index in [1.807, 2.05) is 30.3 Å². The number of benzene rings is 1. The van der Waals surface area contributed by atoms with Gasteiger partial charge in [-0.1, -0.05) is 63.4 Å². The average molecular weight is 449 g/mol. The molecule has 7 nitrogen and oxygen atoms in total. The molecule has 8 heteroatoms. The Morgan fingerprint density at radius 3 is 2.55 bits per heavy atom. The first-order chi connectivity index (χ1) is 14.9. The molecule has 1 aromatic heterocycles. The van der Waals surface area contributed by atoms with E-state index in [2.05, 4.69) is 18.8 Å². The molecule has 0 aliphatic rings. The van der Waals surface area contributed by atoms with Gasteiger partial charge >= 0.3 is 5.97 Å². The minimum absolute atomic E-state index is 0.0647. The van der Waals surface area contributed by atoms with Crippen molar-refractivity contribution in [2.45, 2.75) is 57.6 Å². The lowest BCUT2D eigenvalue weighted by atomic mass is 10.0. The van der Waals surface area contributed by atoms with Gasteiger partial charge in [0.05, 0.1) is 18.8 Å². The molecule has 0 saturated carbocycles. The predicted octanol–water partition coefficient (Wildman–Crippen LogP) is 4.17. The van der Waals surface area contributed by atoms with Crippen molar-refractivity contribution in [1.29, 1.82) is 0 Å². The minimum atomic E-state index is -3.89. The van der Waals surface area contributed by atoms with Crippen molar-refractivity contribution in [1.82, 2.24) is 4.98 Å². The fourth-order valence-corrected chi connectivity index (χ4v) is 4.31. The van der Waals surface area contributed by atoms with Gasteiger partial charge in [0.1, 0.15) is 12.4 Å². The molecule has 2 N–H and O–H groups in total. The van der Waals surface area contributed by atoms with E-state index in [1.54, 1.807) is 0 Å². The maximum Gasteiger partial charge on any atom is 0.306 e. The van der Waals surface area contributed by atoms with Crippen molar-refractivity contribution in [3.8, 4) is 5.75 Å². The monoisotopic (exact) mass is 448 g/mol. The van der Waals surface area contributed by atoms with Crippen LogP contribution in [-0.4, -0.2) is 31.7 Å². The first-order valence-electron chi connectivity index (χ1n) is 10.7. The van der Waals surface area contributed by atoms with E-state index in [-0.39, 0.29) is 29.6 Å². The number of nitrogens with two attached hydrogens (primary N) is 1. The predicted molar refractivity (Wildman–Crippen MR) is 120 cm³/mol. The van der Waals surface area contributed by atoms with Gasteiger partial charge in [-0.2, -0.15) is 0 Å². The second kappa shape index (κ2) is 12.3. The molecular formula is C23H32N2O5S. The third-order valence-corrected chi connectivity index (χ3v) is 6.60. The van der Waals surface area contributed by atoms with Gasteiger partial charge in [0.25, 0.3) is 0 Å². The number of aromatic nitrogens is 1. The normalized spacial score (nSPS) is 12.3. The molecule has 31 heavy (non-hydrogen) atoms. The molecule has 0 radical (unpaired) electrons. The van der Waals surface area contributed by atoms with Gasteiger partial charge in [-0.05, 0) is 30.0 Å². The van der Waals surface area contributed by atoms with Gasteiger partial charge in [0.2, 0.25) is 0 Å². The van der Waals surface area contributed by atoms with Crippen LogP contribution in [-0.2, 0) is 26.0 Å². The summed E-state index contributed by atoms with van der Waals surface area (Å²) in [6, 6.07) is 12.3. The van der Waals surface area contributed by atoms with E-state index >= 15 is 0 Å². The van der Waals surface area contributed by atoms with E-state index in [0.29, 0.717) is 12.5 Å². The van der Waals surface area contributed by atoms with Crippen molar-refractivity contribution >= 4 is 21.6 Å². The summed E-state index contributed by atoms with van der Waals surface area (Å²) in [7, 11) is -3.89. The van der Waals surface area contributed by atoms with E-state index < -0.39 is 21.6 Å². The molecule has 1 aromatic carbocycles. The molecule has 0 aliphatic heterocycles. The highest BCUT2D eigenvalue weighted by Crippen LogP contribution is 2.25. The fourth-order valence-electron chi connectivity index (χ4n) is 3.01. The third kappa shape index (κ3) is 8.20. The molecule has 1 unspecified atom stereocenters. The molecule has 0 bridgehead atoms. The second-order valence-corrected chi connectivity index (χ2v) is 9.51. The number of rotatable bonds is 13. The maximum absolute atomic E-state index is 12.9. The van der Waals surface area contributed by atoms with Gasteiger partial charge in [0.15, 0.2) is 20.6 Å². The Labute approximate surface area is 184 Å². The fraction of sp³-hybridized carbons (Fsp3) is 0.478. The van der Waals surface area contributed by atoms with E-state index in [9.17, 15) is 13.2 Å². The van der Waals surface area contributed by atoms with Crippen LogP contribution in [0.3, 0.4) is 0 Å². The quantitative estimate of drug-likeness (QED) is 0.458. The molecule has 170 valence electrons. The van der Waals surface area contributed by atoms with Crippen LogP contribution in [0.15, 0.2) is 47.5 Å². The average Bonchev–Trinajstić information content (AvgIpc) is 2.77. The summed E-state index contributed by atoms with van der Waals surface area (Å²) in [4.78, 5) is 16.1. The Balaban J connectivity index is 1.99. The lowest BCUT2D eigenvalue weighted by molar-refractivity contribution is -0.144. The Hall–Kier alpha value is -2.61. The van der Waals surface area contributed by atoms with Crippen LogP contribution in [0.2, 0.25) is 0 Å². The highest BCUT2D eigenvalue weighted by Gasteiger charge is 2.24. The van der Waals surface area contributed by atoms with E-state index in [1.165, 1.54) is 12.1 Å². The third-order valence-electron chi connectivity index (χ3n) is 4.98. The van der Waals surface area contributed by atoms with Crippen molar-refractivity contribution in [3.05, 3.63) is 48.0 Å². The summed E-state index contributed by atoms with van der Waals surface area (Å²) < 4.78 is 36.7. The number of anilines is 1. The molecule has 0 fully saturated rings. The van der Waals surface area contributed by atoms with Crippen LogP contribution in [0.4, 0.5) is 5.82 Å². The summed E-state index contributed by atoms with van der Waals surface area (Å²) in [6.07, 6.45) is 3.83. The van der Waals surface area contributed by atoms with E-state index in [0.717, 1.165) is 31.2 Å². The van der Waals surface area contributed by atoms with Crippen LogP contribution >= 0.6 is 0 Å². The number of hydrogen-bond donors (Lipinski definition) is 1. The van der Waals surface area contributed by atoms with Crippen LogP contribution in [0.25, 0.3) is 0 Å². The minimum Gasteiger partial charge on any atom is -0.486 e. The molecule has 0 spiro atoms. The van der Waals surface area contributed by atoms with Gasteiger partial charge in [0, 0.05) is 0 Å². The standard InChI is InChI=1S/C23H32N2O5S/c1-3-5-9-18(4-2)16-30-22(26)14-15-31(27,28)23-20(12-13-21(24)25-23)29-17-19-10-7-6-8-11-19/h6-8,10-13,18H,3-5,9,14-17H2,1-2H3,(H2,24,25). The highest BCUT2D eigenvalue weighted by atomic mass is 32.2. The van der Waals surface area contributed by atoms with Crippen LogP contribution in [0.1, 0.15) is 51.5 Å². The second-order valence-electron chi connectivity index (χ2n) is 7.48. The van der Waals surface area contributed by atoms with Crippen LogP contribution in [0, 0.1) is 5.92 Å². The van der Waals surface area contributed by atoms with Gasteiger partial charge < -0.3 is 15.2 Å². The first kappa shape index (κ1) is 24.7. The molecule has 2 aromatic rings. The molecule has 1 atom stereocenters. The van der Waals surface area contributed by atoms with Gasteiger partial charge in [-0.25, -0.2) is 13.4 Å². The molecule has 0 saturated heterocycles. The number of sulfone groups is 1. The van der Waals surface area contributed by atoms with Crippen molar-refractivity contribution in [2.24, 2.45) is 5.92 Å². The Bertz CT molecular complexity index is 932. The van der Waals surface area contributed by atoms with E-state index in [4.69, 9.17) is 15.2 Å². The lowest BCUT2D eigenvalue weighted by Crippen LogP contribution is -2.18. The number of carbonyl (C=O) groups is 1.